The maximum atomic E-state index is 13.6. The van der Waals surface area contributed by atoms with E-state index in [0.29, 0.717) is 5.75 Å². The second-order valence-electron chi connectivity index (χ2n) is 5.93. The minimum atomic E-state index is -0.728. The van der Waals surface area contributed by atoms with Gasteiger partial charge in [0, 0.05) is 0 Å². The van der Waals surface area contributed by atoms with Gasteiger partial charge in [0.15, 0.2) is 6.10 Å². The van der Waals surface area contributed by atoms with Crippen molar-refractivity contribution in [2.75, 3.05) is 5.32 Å². The molecule has 0 aliphatic rings. The zero-order valence-electron chi connectivity index (χ0n) is 13.9. The van der Waals surface area contributed by atoms with E-state index in [9.17, 15) is 9.18 Å². The van der Waals surface area contributed by atoms with Gasteiger partial charge in [0.05, 0.1) is 5.69 Å². The first kappa shape index (κ1) is 17.0. The van der Waals surface area contributed by atoms with Gasteiger partial charge in [0.2, 0.25) is 0 Å². The van der Waals surface area contributed by atoms with Crippen LogP contribution in [-0.4, -0.2) is 12.0 Å². The minimum Gasteiger partial charge on any atom is -0.481 e. The number of rotatable bonds is 5. The van der Waals surface area contributed by atoms with Crippen LogP contribution in [0.4, 0.5) is 10.1 Å². The van der Waals surface area contributed by atoms with Crippen molar-refractivity contribution in [1.29, 1.82) is 0 Å². The Balaban J connectivity index is 2.13. The van der Waals surface area contributed by atoms with E-state index in [-0.39, 0.29) is 17.5 Å². The summed E-state index contributed by atoms with van der Waals surface area (Å²) in [6.07, 6.45) is -0.728. The summed E-state index contributed by atoms with van der Waals surface area (Å²) in [6.45, 7) is 7.77. The Bertz CT molecular complexity index is 698. The molecule has 2 aromatic carbocycles. The Morgan fingerprint density at radius 1 is 1.13 bits per heavy atom. The SMILES string of the molecule is Cc1ccc(C(C)C)c(O[C@H](C)C(=O)Nc2ccccc2F)c1. The Labute approximate surface area is 136 Å². The molecule has 0 fully saturated rings. The summed E-state index contributed by atoms with van der Waals surface area (Å²) in [4.78, 5) is 12.2. The van der Waals surface area contributed by atoms with Gasteiger partial charge >= 0.3 is 0 Å². The van der Waals surface area contributed by atoms with Crippen LogP contribution in [0, 0.1) is 12.7 Å². The maximum absolute atomic E-state index is 13.6. The first-order valence-corrected chi connectivity index (χ1v) is 7.71. The van der Waals surface area contributed by atoms with Crippen molar-refractivity contribution >= 4 is 11.6 Å². The van der Waals surface area contributed by atoms with Crippen LogP contribution in [0.15, 0.2) is 42.5 Å². The van der Waals surface area contributed by atoms with Crippen LogP contribution in [0.25, 0.3) is 0 Å². The molecule has 0 spiro atoms. The molecular weight excluding hydrogens is 293 g/mol. The van der Waals surface area contributed by atoms with Crippen LogP contribution >= 0.6 is 0 Å². The molecular formula is C19H22FNO2. The van der Waals surface area contributed by atoms with E-state index in [1.165, 1.54) is 12.1 Å². The third-order valence-corrected chi connectivity index (χ3v) is 3.60. The summed E-state index contributed by atoms with van der Waals surface area (Å²) in [6, 6.07) is 12.0. The van der Waals surface area contributed by atoms with Crippen LogP contribution in [0.5, 0.6) is 5.75 Å². The first-order valence-electron chi connectivity index (χ1n) is 7.71. The average molecular weight is 315 g/mol. The molecule has 0 aromatic heterocycles. The summed E-state index contributed by atoms with van der Waals surface area (Å²) < 4.78 is 19.4. The molecule has 0 aliphatic heterocycles. The number of para-hydroxylation sites is 1. The molecule has 3 nitrogen and oxygen atoms in total. The Morgan fingerprint density at radius 2 is 1.83 bits per heavy atom. The summed E-state index contributed by atoms with van der Waals surface area (Å²) in [7, 11) is 0. The molecule has 0 unspecified atom stereocenters. The summed E-state index contributed by atoms with van der Waals surface area (Å²) >= 11 is 0. The number of hydrogen-bond donors (Lipinski definition) is 1. The van der Waals surface area contributed by atoms with E-state index in [2.05, 4.69) is 19.2 Å². The topological polar surface area (TPSA) is 38.3 Å². The van der Waals surface area contributed by atoms with Gasteiger partial charge in [-0.3, -0.25) is 4.79 Å². The molecule has 0 saturated heterocycles. The van der Waals surface area contributed by atoms with Crippen LogP contribution in [0.2, 0.25) is 0 Å². The first-order chi connectivity index (χ1) is 10.9. The third-order valence-electron chi connectivity index (χ3n) is 3.60. The number of ether oxygens (including phenoxy) is 1. The van der Waals surface area contributed by atoms with E-state index in [4.69, 9.17) is 4.74 Å². The lowest BCUT2D eigenvalue weighted by atomic mass is 10.0. The highest BCUT2D eigenvalue weighted by atomic mass is 19.1. The highest BCUT2D eigenvalue weighted by Crippen LogP contribution is 2.28. The van der Waals surface area contributed by atoms with Crippen LogP contribution < -0.4 is 10.1 Å². The molecule has 1 N–H and O–H groups in total. The molecule has 1 amide bonds. The lowest BCUT2D eigenvalue weighted by Gasteiger charge is -2.19. The predicted octanol–water partition coefficient (Wildman–Crippen LogP) is 4.66. The summed E-state index contributed by atoms with van der Waals surface area (Å²) in [5, 5.41) is 2.55. The van der Waals surface area contributed by atoms with E-state index in [1.807, 2.05) is 25.1 Å². The molecule has 0 aliphatic carbocycles. The zero-order chi connectivity index (χ0) is 17.0. The van der Waals surface area contributed by atoms with Gasteiger partial charge in [-0.25, -0.2) is 4.39 Å². The summed E-state index contributed by atoms with van der Waals surface area (Å²) in [5.41, 5.74) is 2.26. The van der Waals surface area contributed by atoms with Crippen molar-refractivity contribution in [3.8, 4) is 5.75 Å². The van der Waals surface area contributed by atoms with E-state index in [0.717, 1.165) is 11.1 Å². The number of halogens is 1. The molecule has 1 atom stereocenters. The number of hydrogen-bond acceptors (Lipinski definition) is 2. The number of amides is 1. The third kappa shape index (κ3) is 4.31. The maximum Gasteiger partial charge on any atom is 0.265 e. The second kappa shape index (κ2) is 7.27. The lowest BCUT2D eigenvalue weighted by Crippen LogP contribution is -2.30. The van der Waals surface area contributed by atoms with Gasteiger partial charge in [-0.2, -0.15) is 0 Å². The molecule has 0 bridgehead atoms. The van der Waals surface area contributed by atoms with Crippen molar-refractivity contribution in [2.45, 2.75) is 39.7 Å². The van der Waals surface area contributed by atoms with Gasteiger partial charge in [0.25, 0.3) is 5.91 Å². The fourth-order valence-electron chi connectivity index (χ4n) is 2.26. The van der Waals surface area contributed by atoms with Gasteiger partial charge in [0.1, 0.15) is 11.6 Å². The standard InChI is InChI=1S/C19H22FNO2/c1-12(2)15-10-9-13(3)11-18(15)23-14(4)19(22)21-17-8-6-5-7-16(17)20/h5-12,14H,1-4H3,(H,21,22)/t14-/m1/s1. The number of nitrogens with one attached hydrogen (secondary N) is 1. The van der Waals surface area contributed by atoms with Gasteiger partial charge < -0.3 is 10.1 Å². The highest BCUT2D eigenvalue weighted by molar-refractivity contribution is 5.94. The molecule has 2 aromatic rings. The van der Waals surface area contributed by atoms with Gasteiger partial charge in [-0.1, -0.05) is 38.1 Å². The largest absolute Gasteiger partial charge is 0.481 e. The van der Waals surface area contributed by atoms with Crippen molar-refractivity contribution in [1.82, 2.24) is 0 Å². The van der Waals surface area contributed by atoms with Crippen molar-refractivity contribution in [3.05, 3.63) is 59.4 Å². The fraction of sp³-hybridized carbons (Fsp3) is 0.316. The molecule has 0 radical (unpaired) electrons. The van der Waals surface area contributed by atoms with Crippen molar-refractivity contribution in [2.24, 2.45) is 0 Å². The molecule has 0 saturated carbocycles. The number of benzene rings is 2. The van der Waals surface area contributed by atoms with Gasteiger partial charge in [-0.15, -0.1) is 0 Å². The molecule has 2 rings (SSSR count). The minimum absolute atomic E-state index is 0.154. The number of anilines is 1. The molecule has 4 heteroatoms. The van der Waals surface area contributed by atoms with E-state index in [1.54, 1.807) is 19.1 Å². The van der Waals surface area contributed by atoms with Crippen molar-refractivity contribution < 1.29 is 13.9 Å². The predicted molar refractivity (Wildman–Crippen MR) is 90.4 cm³/mol. The van der Waals surface area contributed by atoms with Crippen LogP contribution in [-0.2, 0) is 4.79 Å². The Morgan fingerprint density at radius 3 is 2.48 bits per heavy atom. The van der Waals surface area contributed by atoms with Crippen LogP contribution in [0.3, 0.4) is 0 Å². The van der Waals surface area contributed by atoms with Crippen molar-refractivity contribution in [3.63, 3.8) is 0 Å². The second-order valence-corrected chi connectivity index (χ2v) is 5.93. The number of carbonyl (C=O) groups excluding carboxylic acids is 1. The Kier molecular flexibility index (Phi) is 5.37. The van der Waals surface area contributed by atoms with E-state index < -0.39 is 11.9 Å². The molecule has 0 heterocycles. The smallest absolute Gasteiger partial charge is 0.265 e. The summed E-state index contributed by atoms with van der Waals surface area (Å²) in [5.74, 6) is 0.126. The van der Waals surface area contributed by atoms with Crippen LogP contribution in [0.1, 0.15) is 37.8 Å². The normalized spacial score (nSPS) is 12.1. The fourth-order valence-corrected chi connectivity index (χ4v) is 2.26. The Hall–Kier alpha value is -2.36. The quantitative estimate of drug-likeness (QED) is 0.871. The zero-order valence-corrected chi connectivity index (χ0v) is 13.9. The number of carbonyl (C=O) groups is 1. The average Bonchev–Trinajstić information content (AvgIpc) is 2.49. The van der Waals surface area contributed by atoms with Gasteiger partial charge in [-0.05, 0) is 49.1 Å². The molecule has 122 valence electrons. The molecule has 23 heavy (non-hydrogen) atoms. The lowest BCUT2D eigenvalue weighted by molar-refractivity contribution is -0.122. The number of aryl methyl sites for hydroxylation is 1. The monoisotopic (exact) mass is 315 g/mol. The van der Waals surface area contributed by atoms with E-state index >= 15 is 0 Å². The highest BCUT2D eigenvalue weighted by Gasteiger charge is 2.18.